The first-order valence-electron chi connectivity index (χ1n) is 2.78. The van der Waals surface area contributed by atoms with Crippen molar-refractivity contribution < 1.29 is 29.6 Å². The molecule has 0 aliphatic heterocycles. The van der Waals surface area contributed by atoms with E-state index in [4.69, 9.17) is 9.11 Å². The summed E-state index contributed by atoms with van der Waals surface area (Å²) in [7, 11) is -10.2. The van der Waals surface area contributed by atoms with Gasteiger partial charge in [-0.1, -0.05) is 20.3 Å². The van der Waals surface area contributed by atoms with Gasteiger partial charge < -0.3 is 0 Å². The Morgan fingerprint density at radius 2 is 1.17 bits per heavy atom. The van der Waals surface area contributed by atoms with E-state index in [9.17, 15) is 16.8 Å². The first-order valence-corrected chi connectivity index (χ1v) is 5.51. The smallest absolute Gasteiger partial charge is 0.263 e. The molecule has 0 aliphatic carbocycles. The quantitative estimate of drug-likeness (QED) is 0.632. The van der Waals surface area contributed by atoms with Gasteiger partial charge in [-0.2, -0.15) is 16.8 Å². The van der Waals surface area contributed by atoms with Crippen molar-refractivity contribution in [2.75, 3.05) is 0 Å². The van der Waals surface area contributed by atoms with Gasteiger partial charge in [0.25, 0.3) is 0 Å². The van der Waals surface area contributed by atoms with Gasteiger partial charge >= 0.3 is 20.8 Å². The second kappa shape index (κ2) is 5.43. The van der Waals surface area contributed by atoms with E-state index in [0.29, 0.717) is 0 Å². The average molecular weight is 222 g/mol. The van der Waals surface area contributed by atoms with Gasteiger partial charge in [-0.05, 0) is 0 Å². The van der Waals surface area contributed by atoms with E-state index in [2.05, 4.69) is 17.5 Å². The topological polar surface area (TPSA) is 118 Å². The molecular formula is C3H10O7S2. The molecule has 0 saturated heterocycles. The molecule has 0 aliphatic rings. The van der Waals surface area contributed by atoms with Gasteiger partial charge in [0.05, 0.1) is 0 Å². The Kier molecular flexibility index (Phi) is 6.48. The summed E-state index contributed by atoms with van der Waals surface area (Å²) in [5.41, 5.74) is 0. The predicted molar refractivity (Wildman–Crippen MR) is 40.1 cm³/mol. The third kappa shape index (κ3) is 22.6. The molecule has 0 radical (unpaired) electrons. The van der Waals surface area contributed by atoms with Crippen molar-refractivity contribution in [3.63, 3.8) is 0 Å². The molecule has 0 aromatic rings. The third-order valence-electron chi connectivity index (χ3n) is 0.172. The standard InChI is InChI=1S/C3H8.H2O7S2/c1-3-2;1-8(2,3)7-9(4,5)6/h3H2,1-2H3;(H,1,2,3)(H,4,5,6). The summed E-state index contributed by atoms with van der Waals surface area (Å²) in [5, 5.41) is 0. The van der Waals surface area contributed by atoms with Crippen LogP contribution >= 0.6 is 0 Å². The molecule has 0 fully saturated rings. The minimum absolute atomic E-state index is 1.25. The molecule has 2 N–H and O–H groups in total. The van der Waals surface area contributed by atoms with Crippen LogP contribution in [0.2, 0.25) is 0 Å². The second-order valence-electron chi connectivity index (χ2n) is 1.63. The second-order valence-corrected chi connectivity index (χ2v) is 3.89. The minimum atomic E-state index is -5.12. The summed E-state index contributed by atoms with van der Waals surface area (Å²) in [6, 6.07) is 0. The van der Waals surface area contributed by atoms with Crippen molar-refractivity contribution >= 4 is 20.8 Å². The van der Waals surface area contributed by atoms with Crippen molar-refractivity contribution in [2.45, 2.75) is 20.3 Å². The van der Waals surface area contributed by atoms with Crippen molar-refractivity contribution in [3.05, 3.63) is 0 Å². The molecule has 0 heterocycles. The fourth-order valence-corrected chi connectivity index (χ4v) is 0.978. The van der Waals surface area contributed by atoms with Crippen molar-refractivity contribution in [1.29, 1.82) is 0 Å². The van der Waals surface area contributed by atoms with Gasteiger partial charge in [0.15, 0.2) is 0 Å². The highest BCUT2D eigenvalue weighted by molar-refractivity contribution is 7.94. The predicted octanol–water partition coefficient (Wildman–Crippen LogP) is 0.0249. The zero-order chi connectivity index (χ0) is 10.4. The van der Waals surface area contributed by atoms with Gasteiger partial charge in [0.2, 0.25) is 0 Å². The molecule has 12 heavy (non-hydrogen) atoms. The normalized spacial score (nSPS) is 11.7. The summed E-state index contributed by atoms with van der Waals surface area (Å²) in [5.74, 6) is 0. The SMILES string of the molecule is CCC.O=S(=O)(O)OS(=O)(=O)O. The molecule has 0 amide bonds. The van der Waals surface area contributed by atoms with E-state index in [0.717, 1.165) is 0 Å². The van der Waals surface area contributed by atoms with Crippen LogP contribution in [0.25, 0.3) is 0 Å². The summed E-state index contributed by atoms with van der Waals surface area (Å²) in [6.07, 6.45) is 1.25. The molecule has 0 bridgehead atoms. The maximum Gasteiger partial charge on any atom is 0.413 e. The van der Waals surface area contributed by atoms with Crippen molar-refractivity contribution in [3.8, 4) is 0 Å². The lowest BCUT2D eigenvalue weighted by Gasteiger charge is -1.89. The van der Waals surface area contributed by atoms with Crippen molar-refractivity contribution in [2.24, 2.45) is 0 Å². The van der Waals surface area contributed by atoms with Gasteiger partial charge in [-0.15, -0.1) is 3.63 Å². The van der Waals surface area contributed by atoms with Crippen LogP contribution in [0.5, 0.6) is 0 Å². The summed E-state index contributed by atoms with van der Waals surface area (Å²) >= 11 is 0. The Morgan fingerprint density at radius 3 is 1.17 bits per heavy atom. The molecule has 76 valence electrons. The first-order chi connectivity index (χ1) is 5.12. The number of hydrogen-bond acceptors (Lipinski definition) is 5. The van der Waals surface area contributed by atoms with Crippen LogP contribution in [-0.2, 0) is 24.4 Å². The van der Waals surface area contributed by atoms with Crippen LogP contribution < -0.4 is 0 Å². The molecule has 0 atom stereocenters. The van der Waals surface area contributed by atoms with E-state index in [1.165, 1.54) is 6.42 Å². The Hall–Kier alpha value is -0.220. The van der Waals surface area contributed by atoms with E-state index < -0.39 is 20.8 Å². The third-order valence-corrected chi connectivity index (χ3v) is 1.55. The van der Waals surface area contributed by atoms with E-state index in [1.807, 2.05) is 0 Å². The van der Waals surface area contributed by atoms with Gasteiger partial charge in [0.1, 0.15) is 0 Å². The molecule has 0 unspecified atom stereocenters. The Morgan fingerprint density at radius 1 is 1.00 bits per heavy atom. The number of rotatable bonds is 2. The summed E-state index contributed by atoms with van der Waals surface area (Å²) in [6.45, 7) is 4.25. The zero-order valence-electron chi connectivity index (χ0n) is 6.46. The fraction of sp³-hybridized carbons (Fsp3) is 1.00. The van der Waals surface area contributed by atoms with Crippen LogP contribution in [0.1, 0.15) is 20.3 Å². The highest BCUT2D eigenvalue weighted by atomic mass is 32.3. The summed E-state index contributed by atoms with van der Waals surface area (Å²) in [4.78, 5) is 0. The molecule has 0 aromatic carbocycles. The largest absolute Gasteiger partial charge is 0.413 e. The Bertz CT molecular complexity index is 255. The lowest BCUT2D eigenvalue weighted by molar-refractivity contribution is 0.344. The van der Waals surface area contributed by atoms with Gasteiger partial charge in [-0.25, -0.2) is 0 Å². The molecule has 0 rings (SSSR count). The van der Waals surface area contributed by atoms with Crippen LogP contribution in [-0.4, -0.2) is 25.9 Å². The molecule has 9 heteroatoms. The van der Waals surface area contributed by atoms with Crippen molar-refractivity contribution in [1.82, 2.24) is 0 Å². The lowest BCUT2D eigenvalue weighted by atomic mass is 10.6. The highest BCUT2D eigenvalue weighted by Gasteiger charge is 2.15. The first kappa shape index (κ1) is 14.3. The van der Waals surface area contributed by atoms with E-state index in [1.54, 1.807) is 0 Å². The highest BCUT2D eigenvalue weighted by Crippen LogP contribution is 1.91. The maximum atomic E-state index is 9.44. The number of hydrogen-bond donors (Lipinski definition) is 2. The molecule has 0 spiro atoms. The molecular weight excluding hydrogens is 212 g/mol. The average Bonchev–Trinajstić information content (AvgIpc) is 1.53. The van der Waals surface area contributed by atoms with Gasteiger partial charge in [-0.3, -0.25) is 9.11 Å². The fourth-order valence-electron chi connectivity index (χ4n) is 0.109. The lowest BCUT2D eigenvalue weighted by Crippen LogP contribution is -2.10. The molecule has 0 aromatic heterocycles. The summed E-state index contributed by atoms with van der Waals surface area (Å²) < 4.78 is 55.6. The molecule has 0 saturated carbocycles. The Balaban J connectivity index is 0. The maximum absolute atomic E-state index is 9.44. The monoisotopic (exact) mass is 222 g/mol. The van der Waals surface area contributed by atoms with Crippen LogP contribution in [0.15, 0.2) is 0 Å². The van der Waals surface area contributed by atoms with Gasteiger partial charge in [0, 0.05) is 0 Å². The molecule has 7 nitrogen and oxygen atoms in total. The minimum Gasteiger partial charge on any atom is -0.263 e. The van der Waals surface area contributed by atoms with E-state index >= 15 is 0 Å². The van der Waals surface area contributed by atoms with Crippen LogP contribution in [0.4, 0.5) is 0 Å². The Labute approximate surface area is 71.3 Å². The van der Waals surface area contributed by atoms with E-state index in [-0.39, 0.29) is 0 Å². The van der Waals surface area contributed by atoms with Crippen LogP contribution in [0, 0.1) is 0 Å². The van der Waals surface area contributed by atoms with Crippen LogP contribution in [0.3, 0.4) is 0 Å². The zero-order valence-corrected chi connectivity index (χ0v) is 8.09.